The molecule has 208 valence electrons. The van der Waals surface area contributed by atoms with E-state index >= 15 is 0 Å². The van der Waals surface area contributed by atoms with Gasteiger partial charge in [-0.05, 0) is 68.2 Å². The average Bonchev–Trinajstić information content (AvgIpc) is 3.57. The Morgan fingerprint density at radius 2 is 1.63 bits per heavy atom. The van der Waals surface area contributed by atoms with Crippen LogP contribution in [0.5, 0.6) is 17.2 Å². The van der Waals surface area contributed by atoms with E-state index in [0.717, 1.165) is 61.1 Å². The van der Waals surface area contributed by atoms with Gasteiger partial charge in [0, 0.05) is 31.6 Å². The van der Waals surface area contributed by atoms with Crippen molar-refractivity contribution >= 4 is 5.97 Å². The fraction of sp³-hybridized carbons (Fsp3) is 0.581. The molecule has 0 amide bonds. The number of unbranched alkanes of at least 4 members (excludes halogenated alkanes) is 2. The summed E-state index contributed by atoms with van der Waals surface area (Å²) in [5.41, 5.74) is 2.20. The lowest BCUT2D eigenvalue weighted by Crippen LogP contribution is -2.37. The first kappa shape index (κ1) is 28.2. The summed E-state index contributed by atoms with van der Waals surface area (Å²) in [4.78, 5) is 18.7. The summed E-state index contributed by atoms with van der Waals surface area (Å²) in [5.74, 6) is 1.81. The second kappa shape index (κ2) is 13.9. The number of benzene rings is 2. The Kier molecular flexibility index (Phi) is 10.3. The molecule has 2 aliphatic rings. The van der Waals surface area contributed by atoms with E-state index in [0.29, 0.717) is 6.61 Å². The molecule has 7 nitrogen and oxygen atoms in total. The lowest BCUT2D eigenvalue weighted by atomic mass is 9.82. The number of hydrogen-bond acceptors (Lipinski definition) is 7. The van der Waals surface area contributed by atoms with Crippen molar-refractivity contribution in [3.63, 3.8) is 0 Å². The maximum Gasteiger partial charge on any atom is 0.311 e. The highest BCUT2D eigenvalue weighted by Crippen LogP contribution is 2.48. The topological polar surface area (TPSA) is 60.5 Å². The Morgan fingerprint density at radius 1 is 0.947 bits per heavy atom. The molecule has 0 aromatic heterocycles. The Labute approximate surface area is 228 Å². The maximum absolute atomic E-state index is 13.6. The van der Waals surface area contributed by atoms with Crippen LogP contribution in [0.1, 0.15) is 69.5 Å². The van der Waals surface area contributed by atoms with Gasteiger partial charge in [0.05, 0.1) is 19.6 Å². The molecule has 0 N–H and O–H groups in total. The fourth-order valence-electron chi connectivity index (χ4n) is 5.73. The lowest BCUT2D eigenvalue weighted by molar-refractivity contribution is -0.149. The van der Waals surface area contributed by atoms with Crippen LogP contribution in [0.4, 0.5) is 0 Å². The fourth-order valence-corrected chi connectivity index (χ4v) is 5.73. The number of fused-ring (bicyclic) bond motifs is 1. The van der Waals surface area contributed by atoms with Gasteiger partial charge < -0.3 is 23.8 Å². The molecule has 2 aliphatic heterocycles. The van der Waals surface area contributed by atoms with Crippen LogP contribution in [0.15, 0.2) is 42.5 Å². The number of esters is 1. The van der Waals surface area contributed by atoms with Gasteiger partial charge in [0.1, 0.15) is 5.75 Å². The molecule has 2 aromatic rings. The molecule has 1 saturated heterocycles. The van der Waals surface area contributed by atoms with Crippen LogP contribution in [0, 0.1) is 5.92 Å². The molecule has 0 bridgehead atoms. The van der Waals surface area contributed by atoms with Crippen LogP contribution < -0.4 is 14.2 Å². The molecule has 0 radical (unpaired) electrons. The van der Waals surface area contributed by atoms with Gasteiger partial charge in [-0.1, -0.05) is 44.9 Å². The van der Waals surface area contributed by atoms with Crippen LogP contribution in [0.25, 0.3) is 0 Å². The van der Waals surface area contributed by atoms with Gasteiger partial charge in [0.25, 0.3) is 0 Å². The van der Waals surface area contributed by atoms with E-state index in [1.807, 2.05) is 31.2 Å². The van der Waals surface area contributed by atoms with Gasteiger partial charge in [-0.2, -0.15) is 0 Å². The Balaban J connectivity index is 1.66. The van der Waals surface area contributed by atoms with E-state index in [1.165, 1.54) is 25.7 Å². The third-order valence-electron chi connectivity index (χ3n) is 7.80. The summed E-state index contributed by atoms with van der Waals surface area (Å²) in [6.07, 6.45) is 4.80. The summed E-state index contributed by atoms with van der Waals surface area (Å²) in [6, 6.07) is 14.2. The molecule has 2 aromatic carbocycles. The molecule has 0 spiro atoms. The van der Waals surface area contributed by atoms with Crippen LogP contribution in [-0.2, 0) is 9.53 Å². The highest BCUT2D eigenvalue weighted by Gasteiger charge is 2.48. The van der Waals surface area contributed by atoms with E-state index in [1.54, 1.807) is 7.11 Å². The van der Waals surface area contributed by atoms with Crippen LogP contribution in [0.3, 0.4) is 0 Å². The third kappa shape index (κ3) is 6.62. The van der Waals surface area contributed by atoms with Crippen molar-refractivity contribution in [3.05, 3.63) is 53.6 Å². The second-order valence-corrected chi connectivity index (χ2v) is 10.3. The second-order valence-electron chi connectivity index (χ2n) is 10.3. The Hall–Kier alpha value is -2.77. The minimum atomic E-state index is -0.330. The zero-order chi connectivity index (χ0) is 26.9. The highest BCUT2D eigenvalue weighted by molar-refractivity contribution is 5.76. The molecule has 4 rings (SSSR count). The van der Waals surface area contributed by atoms with E-state index in [2.05, 4.69) is 41.8 Å². The first-order chi connectivity index (χ1) is 18.6. The molecule has 7 heteroatoms. The van der Waals surface area contributed by atoms with Crippen molar-refractivity contribution in [2.75, 3.05) is 53.2 Å². The summed E-state index contributed by atoms with van der Waals surface area (Å²) in [5, 5.41) is 0. The minimum absolute atomic E-state index is 0.0182. The number of likely N-dealkylation sites (tertiary alicyclic amines) is 1. The number of rotatable bonds is 14. The predicted octanol–water partition coefficient (Wildman–Crippen LogP) is 5.65. The lowest BCUT2D eigenvalue weighted by Gasteiger charge is -2.31. The van der Waals surface area contributed by atoms with Gasteiger partial charge in [0.2, 0.25) is 6.79 Å². The smallest absolute Gasteiger partial charge is 0.311 e. The summed E-state index contributed by atoms with van der Waals surface area (Å²) >= 11 is 0. The summed E-state index contributed by atoms with van der Waals surface area (Å²) < 4.78 is 22.3. The number of carbonyl (C=O) groups is 1. The van der Waals surface area contributed by atoms with Gasteiger partial charge in [0.15, 0.2) is 11.5 Å². The monoisotopic (exact) mass is 524 g/mol. The van der Waals surface area contributed by atoms with Gasteiger partial charge in [-0.3, -0.25) is 9.69 Å². The van der Waals surface area contributed by atoms with E-state index < -0.39 is 0 Å². The summed E-state index contributed by atoms with van der Waals surface area (Å²) in [6.45, 7) is 11.8. The number of hydrogen-bond donors (Lipinski definition) is 0. The molecule has 3 atom stereocenters. The molecular formula is C31H44N2O5. The van der Waals surface area contributed by atoms with Crippen LogP contribution in [0.2, 0.25) is 0 Å². The molecular weight excluding hydrogens is 480 g/mol. The quantitative estimate of drug-likeness (QED) is 0.296. The normalized spacial score (nSPS) is 20.7. The molecule has 38 heavy (non-hydrogen) atoms. The van der Waals surface area contributed by atoms with Crippen molar-refractivity contribution in [1.82, 2.24) is 9.80 Å². The molecule has 1 fully saturated rings. The number of carbonyl (C=O) groups excluding carboxylic acids is 1. The van der Waals surface area contributed by atoms with E-state index in [9.17, 15) is 4.79 Å². The molecule has 2 heterocycles. The van der Waals surface area contributed by atoms with Crippen molar-refractivity contribution in [1.29, 1.82) is 0 Å². The van der Waals surface area contributed by atoms with Gasteiger partial charge in [-0.15, -0.1) is 0 Å². The van der Waals surface area contributed by atoms with Gasteiger partial charge >= 0.3 is 5.97 Å². The van der Waals surface area contributed by atoms with E-state index in [4.69, 9.17) is 18.9 Å². The first-order valence-electron chi connectivity index (χ1n) is 14.3. The highest BCUT2D eigenvalue weighted by atomic mass is 16.7. The van der Waals surface area contributed by atoms with Crippen LogP contribution in [-0.4, -0.2) is 69.0 Å². The Bertz CT molecular complexity index is 1020. The minimum Gasteiger partial charge on any atom is -0.497 e. The van der Waals surface area contributed by atoms with Gasteiger partial charge in [-0.25, -0.2) is 0 Å². The van der Waals surface area contributed by atoms with Crippen LogP contribution >= 0.6 is 0 Å². The number of ether oxygens (including phenoxy) is 4. The van der Waals surface area contributed by atoms with Crippen molar-refractivity contribution in [2.24, 2.45) is 5.92 Å². The SMILES string of the molecule is CCCCN(CCCC)CCN1C[C@@H](c2ccc3c(c2)OCO3)[C@H](C(=O)OCC)[C@H]1c1ccc(OC)cc1. The zero-order valence-corrected chi connectivity index (χ0v) is 23.5. The van der Waals surface area contributed by atoms with Crippen molar-refractivity contribution < 1.29 is 23.7 Å². The predicted molar refractivity (Wildman–Crippen MR) is 149 cm³/mol. The standard InChI is InChI=1S/C31H44N2O5/c1-5-8-16-32(17-9-6-2)18-19-33-21-26(24-12-15-27-28(20-24)38-22-37-27)29(31(34)36-7-3)30(33)23-10-13-25(35-4)14-11-23/h10-15,20,26,29-30H,5-9,16-19,21-22H2,1-4H3/t26-,29-,30+/m0/s1. The summed E-state index contributed by atoms with van der Waals surface area (Å²) in [7, 11) is 1.68. The third-order valence-corrected chi connectivity index (χ3v) is 7.80. The molecule has 0 unspecified atom stereocenters. The first-order valence-corrected chi connectivity index (χ1v) is 14.3. The number of methoxy groups -OCH3 is 1. The average molecular weight is 525 g/mol. The van der Waals surface area contributed by atoms with Crippen molar-refractivity contribution in [2.45, 2.75) is 58.4 Å². The molecule has 0 aliphatic carbocycles. The largest absolute Gasteiger partial charge is 0.497 e. The Morgan fingerprint density at radius 3 is 2.29 bits per heavy atom. The number of nitrogens with zero attached hydrogens (tertiary/aromatic N) is 2. The maximum atomic E-state index is 13.6. The van der Waals surface area contributed by atoms with Crippen molar-refractivity contribution in [3.8, 4) is 17.2 Å². The zero-order valence-electron chi connectivity index (χ0n) is 23.5. The molecule has 0 saturated carbocycles. The van der Waals surface area contributed by atoms with E-state index in [-0.39, 0.29) is 30.6 Å².